The van der Waals surface area contributed by atoms with Crippen molar-refractivity contribution in [1.82, 2.24) is 0 Å². The van der Waals surface area contributed by atoms with Gasteiger partial charge in [-0.05, 0) is 68.7 Å². The molecule has 0 spiro atoms. The van der Waals surface area contributed by atoms with E-state index in [1.54, 1.807) is 12.1 Å². The zero-order valence-electron chi connectivity index (χ0n) is 26.6. The van der Waals surface area contributed by atoms with E-state index in [1.165, 1.54) is 38.9 Å². The Bertz CT molecular complexity index is 1430. The molecule has 4 aromatic rings. The average molecular weight is 565 g/mol. The van der Waals surface area contributed by atoms with Crippen molar-refractivity contribution in [3.8, 4) is 0 Å². The summed E-state index contributed by atoms with van der Waals surface area (Å²) in [5.41, 5.74) is 17.4. The molecule has 0 amide bonds. The summed E-state index contributed by atoms with van der Waals surface area (Å²) in [6, 6.07) is 28.3. The maximum absolute atomic E-state index is 11.3. The second kappa shape index (κ2) is 14.8. The number of nitro benzene ring substituents is 1. The molecule has 0 unspecified atom stereocenters. The fourth-order valence-electron chi connectivity index (χ4n) is 5.73. The third-order valence-corrected chi connectivity index (χ3v) is 7.96. The highest BCUT2D eigenvalue weighted by atomic mass is 16.6. The first-order chi connectivity index (χ1) is 19.9. The molecule has 0 aliphatic rings. The van der Waals surface area contributed by atoms with Crippen LogP contribution in [0.1, 0.15) is 124 Å². The summed E-state index contributed by atoms with van der Waals surface area (Å²) in [5.74, 6) is 1.87. The number of benzene rings is 4. The first-order valence-corrected chi connectivity index (χ1v) is 15.2. The van der Waals surface area contributed by atoms with Gasteiger partial charge in [-0.3, -0.25) is 10.1 Å². The van der Waals surface area contributed by atoms with Gasteiger partial charge in [0, 0.05) is 30.2 Å². The van der Waals surface area contributed by atoms with Crippen LogP contribution < -0.4 is 5.73 Å². The molecule has 4 heteroatoms. The minimum absolute atomic E-state index is 0.204. The molecule has 0 aliphatic carbocycles. The summed E-state index contributed by atoms with van der Waals surface area (Å²) in [5, 5.41) is 11.3. The lowest BCUT2D eigenvalue weighted by Gasteiger charge is -2.20. The molecule has 4 rings (SSSR count). The van der Waals surface area contributed by atoms with E-state index in [0.717, 1.165) is 17.7 Å². The molecule has 4 aromatic carbocycles. The Morgan fingerprint density at radius 2 is 0.905 bits per heavy atom. The number of anilines is 1. The van der Waals surface area contributed by atoms with Crippen molar-refractivity contribution in [2.45, 2.75) is 91.9 Å². The molecule has 0 aromatic heterocycles. The lowest BCUT2D eigenvalue weighted by Crippen LogP contribution is -2.05. The van der Waals surface area contributed by atoms with Crippen LogP contribution in [0.5, 0.6) is 0 Å². The van der Waals surface area contributed by atoms with Crippen molar-refractivity contribution in [1.29, 1.82) is 0 Å². The molecule has 0 saturated heterocycles. The van der Waals surface area contributed by atoms with Gasteiger partial charge in [0.15, 0.2) is 0 Å². The Morgan fingerprint density at radius 3 is 1.29 bits per heavy atom. The molecule has 2 N–H and O–H groups in total. The van der Waals surface area contributed by atoms with E-state index in [4.69, 9.17) is 5.73 Å². The second-order valence-corrected chi connectivity index (χ2v) is 12.4. The number of nitrogens with zero attached hydrogens (tertiary/aromatic N) is 1. The van der Waals surface area contributed by atoms with Crippen LogP contribution in [0, 0.1) is 10.1 Å². The highest BCUT2D eigenvalue weighted by Gasteiger charge is 2.19. The summed E-state index contributed by atoms with van der Waals surface area (Å²) in [4.78, 5) is 11.0. The van der Waals surface area contributed by atoms with E-state index in [9.17, 15) is 10.1 Å². The predicted octanol–water partition coefficient (Wildman–Crippen LogP) is 10.5. The van der Waals surface area contributed by atoms with E-state index < -0.39 is 0 Å². The summed E-state index contributed by atoms with van der Waals surface area (Å²) in [7, 11) is 0. The maximum Gasteiger partial charge on any atom is 0.272 e. The van der Waals surface area contributed by atoms with Crippen LogP contribution in [-0.4, -0.2) is 4.92 Å². The van der Waals surface area contributed by atoms with Gasteiger partial charge in [-0.2, -0.15) is 0 Å². The number of hydrogen-bond donors (Lipinski definition) is 1. The van der Waals surface area contributed by atoms with Gasteiger partial charge in [0.25, 0.3) is 5.69 Å². The van der Waals surface area contributed by atoms with Gasteiger partial charge in [-0.15, -0.1) is 0 Å². The van der Waals surface area contributed by atoms with E-state index in [2.05, 4.69) is 104 Å². The van der Waals surface area contributed by atoms with Crippen LogP contribution in [0.15, 0.2) is 84.9 Å². The Labute approximate surface area is 253 Å². The second-order valence-electron chi connectivity index (χ2n) is 12.4. The molecular weight excluding hydrogens is 516 g/mol. The van der Waals surface area contributed by atoms with Crippen molar-refractivity contribution < 1.29 is 4.92 Å². The van der Waals surface area contributed by atoms with Crippen molar-refractivity contribution in [3.05, 3.63) is 140 Å². The summed E-state index contributed by atoms with van der Waals surface area (Å²) >= 11 is 0. The molecule has 0 saturated carbocycles. The van der Waals surface area contributed by atoms with Gasteiger partial charge >= 0.3 is 0 Å². The van der Waals surface area contributed by atoms with Gasteiger partial charge in [0.05, 0.1) is 4.92 Å². The van der Waals surface area contributed by atoms with Gasteiger partial charge in [0.1, 0.15) is 0 Å². The number of hydrogen-bond acceptors (Lipinski definition) is 3. The van der Waals surface area contributed by atoms with Gasteiger partial charge in [-0.25, -0.2) is 0 Å². The highest BCUT2D eigenvalue weighted by Crippen LogP contribution is 2.33. The van der Waals surface area contributed by atoms with Crippen LogP contribution in [-0.2, 0) is 12.8 Å². The van der Waals surface area contributed by atoms with Crippen LogP contribution in [0.2, 0.25) is 0 Å². The van der Waals surface area contributed by atoms with Crippen molar-refractivity contribution in [2.24, 2.45) is 0 Å². The summed E-state index contributed by atoms with van der Waals surface area (Å²) in [6.45, 7) is 17.7. The summed E-state index contributed by atoms with van der Waals surface area (Å²) in [6.07, 6.45) is 1.54. The van der Waals surface area contributed by atoms with Crippen LogP contribution in [0.25, 0.3) is 0 Å². The SMILES string of the molecule is CC(C)c1cccc(C(C)C)c1Cc1ccccc1N.CC(C)c1cccc(C(C)C)c1Cc1ccccc1[N+](=O)[O-]. The van der Waals surface area contributed by atoms with E-state index in [-0.39, 0.29) is 10.6 Å². The number of nitrogen functional groups attached to an aromatic ring is 1. The standard InChI is InChI=1S/C19H23NO2.C19H25N/c1-13(2)16-9-7-10-17(14(3)4)18(16)12-15-8-5-6-11-19(15)20(21)22;1-13(2)16-9-7-10-17(14(3)4)18(16)12-15-8-5-6-11-19(15)20/h5-11,13-14H,12H2,1-4H3;5-11,13-14H,12,20H2,1-4H3. The minimum atomic E-state index is -0.289. The number of para-hydroxylation sites is 2. The Balaban J connectivity index is 0.000000231. The fourth-order valence-corrected chi connectivity index (χ4v) is 5.73. The highest BCUT2D eigenvalue weighted by molar-refractivity contribution is 5.52. The Hall–Kier alpha value is -3.92. The number of nitro groups is 1. The first-order valence-electron chi connectivity index (χ1n) is 15.2. The zero-order chi connectivity index (χ0) is 31.0. The topological polar surface area (TPSA) is 69.2 Å². The third-order valence-electron chi connectivity index (χ3n) is 7.96. The van der Waals surface area contributed by atoms with E-state index >= 15 is 0 Å². The predicted molar refractivity (Wildman–Crippen MR) is 179 cm³/mol. The molecule has 42 heavy (non-hydrogen) atoms. The van der Waals surface area contributed by atoms with Crippen molar-refractivity contribution in [3.63, 3.8) is 0 Å². The molecule has 222 valence electrons. The maximum atomic E-state index is 11.3. The van der Waals surface area contributed by atoms with Crippen molar-refractivity contribution >= 4 is 11.4 Å². The average Bonchev–Trinajstić information content (AvgIpc) is 2.94. The van der Waals surface area contributed by atoms with Gasteiger partial charge in [-0.1, -0.05) is 128 Å². The Kier molecular flexibility index (Phi) is 11.5. The van der Waals surface area contributed by atoms with Crippen LogP contribution in [0.4, 0.5) is 11.4 Å². The lowest BCUT2D eigenvalue weighted by atomic mass is 9.85. The molecule has 0 atom stereocenters. The zero-order valence-corrected chi connectivity index (χ0v) is 26.6. The largest absolute Gasteiger partial charge is 0.398 e. The number of rotatable bonds is 9. The van der Waals surface area contributed by atoms with E-state index in [0.29, 0.717) is 30.1 Å². The normalized spacial score (nSPS) is 11.2. The van der Waals surface area contributed by atoms with Crippen molar-refractivity contribution in [2.75, 3.05) is 5.73 Å². The molecule has 0 radical (unpaired) electrons. The van der Waals surface area contributed by atoms with E-state index in [1.807, 2.05) is 24.3 Å². The van der Waals surface area contributed by atoms with Gasteiger partial charge < -0.3 is 5.73 Å². The smallest absolute Gasteiger partial charge is 0.272 e. The third kappa shape index (κ3) is 8.09. The molecule has 0 fully saturated rings. The molecular formula is C38H48N2O2. The fraction of sp³-hybridized carbons (Fsp3) is 0.368. The number of nitrogens with two attached hydrogens (primary N) is 1. The first kappa shape index (κ1) is 32.6. The van der Waals surface area contributed by atoms with Gasteiger partial charge in [0.2, 0.25) is 0 Å². The quantitative estimate of drug-likeness (QED) is 0.125. The lowest BCUT2D eigenvalue weighted by molar-refractivity contribution is -0.385. The monoisotopic (exact) mass is 564 g/mol. The summed E-state index contributed by atoms with van der Waals surface area (Å²) < 4.78 is 0. The molecule has 4 nitrogen and oxygen atoms in total. The molecule has 0 bridgehead atoms. The minimum Gasteiger partial charge on any atom is -0.398 e. The molecule has 0 heterocycles. The Morgan fingerprint density at radius 1 is 0.548 bits per heavy atom. The van der Waals surface area contributed by atoms with Crippen LogP contribution in [0.3, 0.4) is 0 Å². The van der Waals surface area contributed by atoms with Crippen LogP contribution >= 0.6 is 0 Å². The molecule has 0 aliphatic heterocycles.